The lowest BCUT2D eigenvalue weighted by atomic mass is 10.5. The highest BCUT2D eigenvalue weighted by Gasteiger charge is 2.07. The Bertz CT molecular complexity index is 357. The maximum Gasteiger partial charge on any atom is 0.302 e. The van der Waals surface area contributed by atoms with Gasteiger partial charge in [-0.15, -0.1) is 10.2 Å². The van der Waals surface area contributed by atoms with Gasteiger partial charge in [0.1, 0.15) is 5.69 Å². The first-order valence-electron chi connectivity index (χ1n) is 3.09. The van der Waals surface area contributed by atoms with Crippen LogP contribution in [0.4, 0.5) is 0 Å². The molecule has 0 fully saturated rings. The van der Waals surface area contributed by atoms with E-state index in [1.807, 2.05) is 5.43 Å². The van der Waals surface area contributed by atoms with Gasteiger partial charge < -0.3 is 0 Å². The zero-order chi connectivity index (χ0) is 9.14. The number of nitrogens with one attached hydrogen (secondary N) is 2. The molecule has 0 saturated carbocycles. The summed E-state index contributed by atoms with van der Waals surface area (Å²) >= 11 is 0. The van der Waals surface area contributed by atoms with Crippen LogP contribution >= 0.6 is 0 Å². The van der Waals surface area contributed by atoms with Crippen LogP contribution in [-0.2, 0) is 0 Å². The highest BCUT2D eigenvalue weighted by atomic mass is 16.2. The summed E-state index contributed by atoms with van der Waals surface area (Å²) < 4.78 is 0. The van der Waals surface area contributed by atoms with Gasteiger partial charge in [0.2, 0.25) is 5.82 Å². The van der Waals surface area contributed by atoms with Crippen molar-refractivity contribution in [3.8, 4) is 0 Å². The van der Waals surface area contributed by atoms with Crippen LogP contribution in [0.25, 0.3) is 0 Å². The lowest BCUT2D eigenvalue weighted by Gasteiger charge is -1.96. The molecule has 1 heterocycles. The molecule has 0 atom stereocenters. The van der Waals surface area contributed by atoms with Gasteiger partial charge in [-0.25, -0.2) is 5.84 Å². The minimum atomic E-state index is -0.681. The lowest BCUT2D eigenvalue weighted by Crippen LogP contribution is -2.33. The normalized spacial score (nSPS) is 9.50. The molecule has 0 aliphatic heterocycles. The molecule has 0 aromatic carbocycles. The smallest absolute Gasteiger partial charge is 0.299 e. The molecule has 7 heteroatoms. The highest BCUT2D eigenvalue weighted by Crippen LogP contribution is 1.81. The number of hydrazine groups is 1. The van der Waals surface area contributed by atoms with Gasteiger partial charge in [0.05, 0.1) is 0 Å². The molecule has 0 saturated heterocycles. The zero-order valence-electron chi connectivity index (χ0n) is 6.29. The molecule has 0 aliphatic carbocycles. The predicted molar refractivity (Wildman–Crippen MR) is 39.0 cm³/mol. The van der Waals surface area contributed by atoms with Gasteiger partial charge in [0.25, 0.3) is 5.56 Å². The first-order chi connectivity index (χ1) is 5.65. The Morgan fingerprint density at radius 1 is 1.58 bits per heavy atom. The van der Waals surface area contributed by atoms with Gasteiger partial charge in [0, 0.05) is 0 Å². The van der Waals surface area contributed by atoms with Crippen molar-refractivity contribution >= 4 is 5.91 Å². The number of H-pyrrole nitrogens is 1. The van der Waals surface area contributed by atoms with Gasteiger partial charge in [-0.1, -0.05) is 0 Å². The second kappa shape index (κ2) is 3.09. The number of nitrogens with two attached hydrogens (primary N) is 1. The summed E-state index contributed by atoms with van der Waals surface area (Å²) in [6.07, 6.45) is 0. The largest absolute Gasteiger partial charge is 0.302 e. The van der Waals surface area contributed by atoms with Crippen molar-refractivity contribution in [3.05, 3.63) is 21.9 Å². The number of hydrogen-bond donors (Lipinski definition) is 3. The third-order valence-electron chi connectivity index (χ3n) is 1.21. The number of aromatic nitrogens is 3. The number of carbonyl (C=O) groups excluding carboxylic acids is 1. The molecule has 1 amide bonds. The number of aromatic amines is 1. The fourth-order valence-corrected chi connectivity index (χ4v) is 0.564. The fourth-order valence-electron chi connectivity index (χ4n) is 0.564. The Balaban J connectivity index is 3.13. The van der Waals surface area contributed by atoms with E-state index in [1.54, 1.807) is 0 Å². The van der Waals surface area contributed by atoms with E-state index in [-0.39, 0.29) is 11.5 Å². The quantitative estimate of drug-likeness (QED) is 0.257. The summed E-state index contributed by atoms with van der Waals surface area (Å²) in [6, 6.07) is 0. The van der Waals surface area contributed by atoms with E-state index in [1.165, 1.54) is 6.92 Å². The first-order valence-corrected chi connectivity index (χ1v) is 3.09. The zero-order valence-corrected chi connectivity index (χ0v) is 6.29. The summed E-state index contributed by atoms with van der Waals surface area (Å²) in [5, 5.41) is 6.85. The monoisotopic (exact) mass is 169 g/mol. The molecule has 12 heavy (non-hydrogen) atoms. The molecule has 0 bridgehead atoms. The van der Waals surface area contributed by atoms with E-state index >= 15 is 0 Å². The number of nitrogens with zero attached hydrogens (tertiary/aromatic N) is 2. The summed E-state index contributed by atoms with van der Waals surface area (Å²) in [6.45, 7) is 1.48. The van der Waals surface area contributed by atoms with Gasteiger partial charge in [-0.2, -0.15) is 0 Å². The SMILES string of the molecule is Cc1nnc(C(=O)NN)[nH]c1=O. The molecule has 0 unspecified atom stereocenters. The van der Waals surface area contributed by atoms with Crippen LogP contribution in [0.1, 0.15) is 16.3 Å². The highest BCUT2D eigenvalue weighted by molar-refractivity contribution is 5.89. The van der Waals surface area contributed by atoms with Crippen molar-refractivity contribution in [3.63, 3.8) is 0 Å². The van der Waals surface area contributed by atoms with E-state index in [0.717, 1.165) is 0 Å². The van der Waals surface area contributed by atoms with Gasteiger partial charge in [0.15, 0.2) is 0 Å². The maximum absolute atomic E-state index is 10.9. The molecule has 7 nitrogen and oxygen atoms in total. The molecular weight excluding hydrogens is 162 g/mol. The van der Waals surface area contributed by atoms with E-state index in [2.05, 4.69) is 15.2 Å². The average molecular weight is 169 g/mol. The van der Waals surface area contributed by atoms with Crippen LogP contribution in [0, 0.1) is 6.92 Å². The van der Waals surface area contributed by atoms with E-state index in [0.29, 0.717) is 0 Å². The minimum absolute atomic E-state index is 0.198. The van der Waals surface area contributed by atoms with Gasteiger partial charge in [-0.05, 0) is 6.92 Å². The molecule has 4 N–H and O–H groups in total. The summed E-state index contributed by atoms with van der Waals surface area (Å²) in [5.74, 6) is 3.92. The number of hydrogen-bond acceptors (Lipinski definition) is 5. The predicted octanol–water partition coefficient (Wildman–Crippen LogP) is -1.92. The van der Waals surface area contributed by atoms with E-state index < -0.39 is 11.5 Å². The summed E-state index contributed by atoms with van der Waals surface area (Å²) in [5.41, 5.74) is 1.56. The molecule has 0 radical (unpaired) electrons. The Morgan fingerprint density at radius 2 is 2.25 bits per heavy atom. The van der Waals surface area contributed by atoms with Crippen LogP contribution in [0.15, 0.2) is 4.79 Å². The Morgan fingerprint density at radius 3 is 2.75 bits per heavy atom. The summed E-state index contributed by atoms with van der Waals surface area (Å²) in [7, 11) is 0. The molecule has 64 valence electrons. The van der Waals surface area contributed by atoms with Crippen LogP contribution in [0.2, 0.25) is 0 Å². The van der Waals surface area contributed by atoms with Crippen molar-refractivity contribution in [2.75, 3.05) is 0 Å². The Hall–Kier alpha value is -1.76. The van der Waals surface area contributed by atoms with Gasteiger partial charge >= 0.3 is 5.91 Å². The van der Waals surface area contributed by atoms with E-state index in [4.69, 9.17) is 5.84 Å². The topological polar surface area (TPSA) is 114 Å². The number of aryl methyl sites for hydroxylation is 1. The minimum Gasteiger partial charge on any atom is -0.299 e. The molecular formula is C5H7N5O2. The maximum atomic E-state index is 10.9. The molecule has 0 spiro atoms. The Kier molecular flexibility index (Phi) is 2.15. The third-order valence-corrected chi connectivity index (χ3v) is 1.21. The summed E-state index contributed by atoms with van der Waals surface area (Å²) in [4.78, 5) is 23.9. The second-order valence-electron chi connectivity index (χ2n) is 2.06. The van der Waals surface area contributed by atoms with Crippen LogP contribution in [0.3, 0.4) is 0 Å². The van der Waals surface area contributed by atoms with Crippen molar-refractivity contribution in [1.29, 1.82) is 0 Å². The average Bonchev–Trinajstić information content (AvgIpc) is 2.08. The Labute approximate surface area is 67.0 Å². The lowest BCUT2D eigenvalue weighted by molar-refractivity contribution is 0.0941. The van der Waals surface area contributed by atoms with E-state index in [9.17, 15) is 9.59 Å². The second-order valence-corrected chi connectivity index (χ2v) is 2.06. The van der Waals surface area contributed by atoms with Crippen LogP contribution in [0.5, 0.6) is 0 Å². The van der Waals surface area contributed by atoms with Crippen molar-refractivity contribution in [2.45, 2.75) is 6.92 Å². The molecule has 1 rings (SSSR count). The fraction of sp³-hybridized carbons (Fsp3) is 0.200. The first kappa shape index (κ1) is 8.34. The number of amides is 1. The third kappa shape index (κ3) is 1.45. The molecule has 1 aromatic rings. The van der Waals surface area contributed by atoms with Crippen molar-refractivity contribution < 1.29 is 4.79 Å². The van der Waals surface area contributed by atoms with Crippen molar-refractivity contribution in [2.24, 2.45) is 5.84 Å². The van der Waals surface area contributed by atoms with Crippen LogP contribution in [-0.4, -0.2) is 21.1 Å². The van der Waals surface area contributed by atoms with Gasteiger partial charge in [-0.3, -0.25) is 20.0 Å². The number of nitrogen functional groups attached to an aromatic ring is 1. The molecule has 1 aromatic heterocycles. The number of carbonyl (C=O) groups is 1. The van der Waals surface area contributed by atoms with Crippen molar-refractivity contribution in [1.82, 2.24) is 20.6 Å². The standard InChI is InChI=1S/C5H7N5O2/c1-2-4(11)7-3(10-9-2)5(12)8-6/h6H2,1H3,(H,8,12)(H,7,10,11). The van der Waals surface area contributed by atoms with Crippen LogP contribution < -0.4 is 16.8 Å². The number of rotatable bonds is 1. The molecule has 0 aliphatic rings.